The van der Waals surface area contributed by atoms with Gasteiger partial charge >= 0.3 is 6.09 Å². The van der Waals surface area contributed by atoms with Crippen molar-refractivity contribution in [1.82, 2.24) is 10.6 Å². The molecular formula is C16H34N2O2. The lowest BCUT2D eigenvalue weighted by Crippen LogP contribution is -2.47. The van der Waals surface area contributed by atoms with Gasteiger partial charge in [-0.1, -0.05) is 40.5 Å². The predicted octanol–water partition coefficient (Wildman–Crippen LogP) is 3.56. The lowest BCUT2D eigenvalue weighted by Gasteiger charge is -2.26. The first kappa shape index (κ1) is 19.2. The van der Waals surface area contributed by atoms with Crippen LogP contribution in [0.25, 0.3) is 0 Å². The highest BCUT2D eigenvalue weighted by atomic mass is 16.6. The lowest BCUT2D eigenvalue weighted by molar-refractivity contribution is 0.0490. The normalized spacial score (nSPS) is 13.7. The summed E-state index contributed by atoms with van der Waals surface area (Å²) in [6.45, 7) is 16.1. The van der Waals surface area contributed by atoms with Crippen LogP contribution in [-0.4, -0.2) is 30.8 Å². The standard InChI is InChI=1S/C16H34N2O2/c1-8-13(9-2)10-17-11-14(12(3)4)18-15(19)20-16(5,6)7/h12-14,17H,8-11H2,1-7H3,(H,18,19). The monoisotopic (exact) mass is 286 g/mol. The first-order valence-corrected chi connectivity index (χ1v) is 7.89. The van der Waals surface area contributed by atoms with E-state index in [0.29, 0.717) is 11.8 Å². The number of ether oxygens (including phenoxy) is 1. The molecule has 0 fully saturated rings. The Balaban J connectivity index is 4.20. The highest BCUT2D eigenvalue weighted by Gasteiger charge is 2.21. The van der Waals surface area contributed by atoms with Crippen molar-refractivity contribution in [3.63, 3.8) is 0 Å². The van der Waals surface area contributed by atoms with Gasteiger partial charge in [0.05, 0.1) is 0 Å². The van der Waals surface area contributed by atoms with Gasteiger partial charge in [0.2, 0.25) is 0 Å². The topological polar surface area (TPSA) is 50.4 Å². The van der Waals surface area contributed by atoms with E-state index in [9.17, 15) is 4.79 Å². The number of rotatable bonds is 8. The zero-order valence-corrected chi connectivity index (χ0v) is 14.4. The summed E-state index contributed by atoms with van der Waals surface area (Å²) in [7, 11) is 0. The molecule has 120 valence electrons. The average molecular weight is 286 g/mol. The van der Waals surface area contributed by atoms with Gasteiger partial charge in [0.1, 0.15) is 5.60 Å². The van der Waals surface area contributed by atoms with Gasteiger partial charge in [0.15, 0.2) is 0 Å². The molecule has 0 saturated carbocycles. The minimum absolute atomic E-state index is 0.0965. The summed E-state index contributed by atoms with van der Waals surface area (Å²) in [5, 5.41) is 6.43. The molecule has 0 spiro atoms. The molecule has 0 aliphatic rings. The molecule has 4 nitrogen and oxygen atoms in total. The van der Waals surface area contributed by atoms with Gasteiger partial charge in [-0.2, -0.15) is 0 Å². The zero-order valence-electron chi connectivity index (χ0n) is 14.4. The molecule has 0 radical (unpaired) electrons. The van der Waals surface area contributed by atoms with Gasteiger partial charge < -0.3 is 15.4 Å². The quantitative estimate of drug-likeness (QED) is 0.717. The maximum atomic E-state index is 11.8. The highest BCUT2D eigenvalue weighted by Crippen LogP contribution is 2.09. The van der Waals surface area contributed by atoms with Crippen LogP contribution in [0.2, 0.25) is 0 Å². The van der Waals surface area contributed by atoms with Crippen molar-refractivity contribution in [2.24, 2.45) is 11.8 Å². The third-order valence-corrected chi connectivity index (χ3v) is 3.46. The van der Waals surface area contributed by atoms with Crippen LogP contribution < -0.4 is 10.6 Å². The molecule has 0 bridgehead atoms. The first-order valence-electron chi connectivity index (χ1n) is 7.89. The molecule has 0 saturated heterocycles. The maximum Gasteiger partial charge on any atom is 0.407 e. The Morgan fingerprint density at radius 1 is 1.10 bits per heavy atom. The Bertz CT molecular complexity index is 268. The first-order chi connectivity index (χ1) is 9.19. The number of hydrogen-bond donors (Lipinski definition) is 2. The Morgan fingerprint density at radius 2 is 1.65 bits per heavy atom. The van der Waals surface area contributed by atoms with Crippen molar-refractivity contribution in [2.45, 2.75) is 73.0 Å². The molecule has 0 aromatic heterocycles. The summed E-state index contributed by atoms with van der Waals surface area (Å²) in [6.07, 6.45) is 2.05. The van der Waals surface area contributed by atoms with Crippen molar-refractivity contribution in [3.8, 4) is 0 Å². The molecule has 20 heavy (non-hydrogen) atoms. The molecule has 0 aliphatic carbocycles. The minimum Gasteiger partial charge on any atom is -0.444 e. The molecule has 0 aromatic carbocycles. The van der Waals surface area contributed by atoms with Gasteiger partial charge in [-0.05, 0) is 39.2 Å². The van der Waals surface area contributed by atoms with E-state index in [1.165, 1.54) is 12.8 Å². The van der Waals surface area contributed by atoms with Crippen molar-refractivity contribution in [2.75, 3.05) is 13.1 Å². The smallest absolute Gasteiger partial charge is 0.407 e. The van der Waals surface area contributed by atoms with E-state index in [0.717, 1.165) is 13.1 Å². The van der Waals surface area contributed by atoms with Crippen LogP contribution >= 0.6 is 0 Å². The van der Waals surface area contributed by atoms with E-state index in [4.69, 9.17) is 4.74 Å². The number of carbonyl (C=O) groups excluding carboxylic acids is 1. The third-order valence-electron chi connectivity index (χ3n) is 3.46. The van der Waals surface area contributed by atoms with Crippen LogP contribution in [0, 0.1) is 11.8 Å². The van der Waals surface area contributed by atoms with Crippen LogP contribution in [0.4, 0.5) is 4.79 Å². The van der Waals surface area contributed by atoms with Crippen LogP contribution in [0.3, 0.4) is 0 Å². The largest absolute Gasteiger partial charge is 0.444 e. The Morgan fingerprint density at radius 3 is 2.05 bits per heavy atom. The van der Waals surface area contributed by atoms with E-state index in [-0.39, 0.29) is 12.1 Å². The molecule has 1 atom stereocenters. The molecule has 0 aliphatic heterocycles. The van der Waals surface area contributed by atoms with E-state index < -0.39 is 5.60 Å². The number of hydrogen-bond acceptors (Lipinski definition) is 3. The number of nitrogens with one attached hydrogen (secondary N) is 2. The SMILES string of the molecule is CCC(CC)CNCC(NC(=O)OC(C)(C)C)C(C)C. The predicted molar refractivity (Wildman–Crippen MR) is 84.9 cm³/mol. The van der Waals surface area contributed by atoms with Crippen molar-refractivity contribution < 1.29 is 9.53 Å². The summed E-state index contributed by atoms with van der Waals surface area (Å²) in [5.41, 5.74) is -0.450. The van der Waals surface area contributed by atoms with E-state index in [2.05, 4.69) is 38.3 Å². The zero-order chi connectivity index (χ0) is 15.8. The second-order valence-electron chi connectivity index (χ2n) is 6.84. The van der Waals surface area contributed by atoms with E-state index in [1.807, 2.05) is 20.8 Å². The summed E-state index contributed by atoms with van der Waals surface area (Å²) < 4.78 is 5.31. The third kappa shape index (κ3) is 9.18. The van der Waals surface area contributed by atoms with Crippen LogP contribution in [0.5, 0.6) is 0 Å². The maximum absolute atomic E-state index is 11.8. The fourth-order valence-corrected chi connectivity index (χ4v) is 1.93. The number of carbonyl (C=O) groups is 1. The van der Waals surface area contributed by atoms with E-state index in [1.54, 1.807) is 0 Å². The summed E-state index contributed by atoms with van der Waals surface area (Å²) >= 11 is 0. The van der Waals surface area contributed by atoms with Crippen molar-refractivity contribution >= 4 is 6.09 Å². The van der Waals surface area contributed by atoms with E-state index >= 15 is 0 Å². The fraction of sp³-hybridized carbons (Fsp3) is 0.938. The molecule has 1 unspecified atom stereocenters. The number of alkyl carbamates (subject to hydrolysis) is 1. The molecule has 1 amide bonds. The Kier molecular flexibility index (Phi) is 8.86. The van der Waals surface area contributed by atoms with Crippen LogP contribution in [0.1, 0.15) is 61.3 Å². The fourth-order valence-electron chi connectivity index (χ4n) is 1.93. The molecular weight excluding hydrogens is 252 g/mol. The van der Waals surface area contributed by atoms with Gasteiger partial charge in [-0.25, -0.2) is 4.79 Å². The van der Waals surface area contributed by atoms with Gasteiger partial charge in [0, 0.05) is 12.6 Å². The van der Waals surface area contributed by atoms with Gasteiger partial charge in [-0.3, -0.25) is 0 Å². The second kappa shape index (κ2) is 9.22. The number of amides is 1. The molecule has 2 N–H and O–H groups in total. The van der Waals surface area contributed by atoms with Crippen molar-refractivity contribution in [3.05, 3.63) is 0 Å². The second-order valence-corrected chi connectivity index (χ2v) is 6.84. The van der Waals surface area contributed by atoms with Crippen LogP contribution in [-0.2, 0) is 4.74 Å². The summed E-state index contributed by atoms with van der Waals surface area (Å²) in [5.74, 6) is 1.08. The summed E-state index contributed by atoms with van der Waals surface area (Å²) in [4.78, 5) is 11.8. The van der Waals surface area contributed by atoms with Crippen molar-refractivity contribution in [1.29, 1.82) is 0 Å². The highest BCUT2D eigenvalue weighted by molar-refractivity contribution is 5.68. The Labute approximate surface area is 125 Å². The minimum atomic E-state index is -0.450. The summed E-state index contributed by atoms with van der Waals surface area (Å²) in [6, 6.07) is 0.0965. The lowest BCUT2D eigenvalue weighted by atomic mass is 10.0. The van der Waals surface area contributed by atoms with Gasteiger partial charge in [0.25, 0.3) is 0 Å². The molecule has 0 heterocycles. The molecule has 0 rings (SSSR count). The van der Waals surface area contributed by atoms with Gasteiger partial charge in [-0.15, -0.1) is 0 Å². The molecule has 0 aromatic rings. The molecule has 4 heteroatoms. The average Bonchev–Trinajstić information content (AvgIpc) is 2.30. The van der Waals surface area contributed by atoms with Crippen LogP contribution in [0.15, 0.2) is 0 Å². The Hall–Kier alpha value is -0.770.